The van der Waals surface area contributed by atoms with Gasteiger partial charge in [-0.15, -0.1) is 0 Å². The highest BCUT2D eigenvalue weighted by molar-refractivity contribution is 7.07. The molecular formula is C22H24N4O2S. The summed E-state index contributed by atoms with van der Waals surface area (Å²) in [7, 11) is 0. The van der Waals surface area contributed by atoms with Crippen molar-refractivity contribution >= 4 is 34.8 Å². The molecule has 0 bridgehead atoms. The Labute approximate surface area is 174 Å². The van der Waals surface area contributed by atoms with Crippen LogP contribution in [0.1, 0.15) is 33.3 Å². The van der Waals surface area contributed by atoms with E-state index in [-0.39, 0.29) is 5.97 Å². The zero-order chi connectivity index (χ0) is 21.0. The largest absolute Gasteiger partial charge is 0.462 e. The van der Waals surface area contributed by atoms with Crippen molar-refractivity contribution < 1.29 is 9.53 Å². The van der Waals surface area contributed by atoms with Crippen molar-refractivity contribution in [3.05, 3.63) is 75.6 Å². The fourth-order valence-electron chi connectivity index (χ4n) is 2.71. The Morgan fingerprint density at radius 1 is 1.10 bits per heavy atom. The highest BCUT2D eigenvalue weighted by Gasteiger charge is 2.10. The Bertz CT molecular complexity index is 1110. The van der Waals surface area contributed by atoms with Crippen LogP contribution in [0.25, 0.3) is 0 Å². The van der Waals surface area contributed by atoms with Crippen LogP contribution in [0.4, 0.5) is 11.4 Å². The SMILES string of the molecule is CCOC(=O)c1ccc(N=C(Nc2ccc(C)c(C)c2)n2sc(C)cc2=N)cc1. The molecule has 6 nitrogen and oxygen atoms in total. The number of anilines is 1. The minimum Gasteiger partial charge on any atom is -0.462 e. The zero-order valence-electron chi connectivity index (χ0n) is 16.9. The molecule has 0 aliphatic heterocycles. The van der Waals surface area contributed by atoms with Gasteiger partial charge in [0.05, 0.1) is 17.9 Å². The maximum absolute atomic E-state index is 11.9. The fourth-order valence-corrected chi connectivity index (χ4v) is 3.49. The van der Waals surface area contributed by atoms with Crippen molar-refractivity contribution in [2.45, 2.75) is 27.7 Å². The minimum atomic E-state index is -0.354. The molecule has 1 aromatic heterocycles. The van der Waals surface area contributed by atoms with Crippen molar-refractivity contribution in [3.8, 4) is 0 Å². The first kappa shape index (κ1) is 20.5. The van der Waals surface area contributed by atoms with Crippen LogP contribution in [-0.4, -0.2) is 22.5 Å². The third-order valence-corrected chi connectivity index (χ3v) is 5.32. The van der Waals surface area contributed by atoms with Gasteiger partial charge in [-0.25, -0.2) is 13.7 Å². The van der Waals surface area contributed by atoms with E-state index in [1.807, 2.05) is 13.0 Å². The number of aromatic nitrogens is 1. The maximum atomic E-state index is 11.9. The number of aliphatic imine (C=N–C) groups is 1. The average Bonchev–Trinajstić information content (AvgIpc) is 3.03. The third kappa shape index (κ3) is 5.00. The predicted octanol–water partition coefficient (Wildman–Crippen LogP) is 4.78. The molecule has 0 amide bonds. The van der Waals surface area contributed by atoms with Gasteiger partial charge < -0.3 is 10.1 Å². The van der Waals surface area contributed by atoms with Crippen LogP contribution in [0.5, 0.6) is 0 Å². The van der Waals surface area contributed by atoms with Crippen LogP contribution in [0.2, 0.25) is 0 Å². The summed E-state index contributed by atoms with van der Waals surface area (Å²) in [6.45, 7) is 8.20. The summed E-state index contributed by atoms with van der Waals surface area (Å²) in [5, 5.41) is 11.6. The second-order valence-corrected chi connectivity index (χ2v) is 7.84. The molecule has 3 aromatic rings. The minimum absolute atomic E-state index is 0.337. The average molecular weight is 409 g/mol. The van der Waals surface area contributed by atoms with E-state index in [2.05, 4.69) is 31.3 Å². The van der Waals surface area contributed by atoms with Gasteiger partial charge in [-0.2, -0.15) is 0 Å². The molecule has 0 aliphatic carbocycles. The van der Waals surface area contributed by atoms with E-state index < -0.39 is 0 Å². The first-order valence-electron chi connectivity index (χ1n) is 9.32. The molecular weight excluding hydrogens is 384 g/mol. The molecule has 0 fully saturated rings. The molecule has 29 heavy (non-hydrogen) atoms. The quantitative estimate of drug-likeness (QED) is 0.370. The van der Waals surface area contributed by atoms with Crippen LogP contribution in [0.15, 0.2) is 53.5 Å². The summed E-state index contributed by atoms with van der Waals surface area (Å²) in [5.41, 5.74) is 4.78. The van der Waals surface area contributed by atoms with E-state index in [0.29, 0.717) is 29.3 Å². The maximum Gasteiger partial charge on any atom is 0.338 e. The highest BCUT2D eigenvalue weighted by Crippen LogP contribution is 2.18. The van der Waals surface area contributed by atoms with Crippen LogP contribution < -0.4 is 10.8 Å². The van der Waals surface area contributed by atoms with Crippen LogP contribution in [0.3, 0.4) is 0 Å². The van der Waals surface area contributed by atoms with Crippen molar-refractivity contribution in [2.75, 3.05) is 11.9 Å². The van der Waals surface area contributed by atoms with E-state index in [0.717, 1.165) is 10.6 Å². The Kier molecular flexibility index (Phi) is 6.29. The first-order chi connectivity index (χ1) is 13.9. The molecule has 0 saturated heterocycles. The van der Waals surface area contributed by atoms with Gasteiger partial charge >= 0.3 is 5.97 Å². The second kappa shape index (κ2) is 8.87. The molecule has 3 rings (SSSR count). The summed E-state index contributed by atoms with van der Waals surface area (Å²) >= 11 is 1.44. The summed E-state index contributed by atoms with van der Waals surface area (Å²) in [5.74, 6) is 0.174. The van der Waals surface area contributed by atoms with Crippen molar-refractivity contribution in [2.24, 2.45) is 4.99 Å². The van der Waals surface area contributed by atoms with Gasteiger partial charge in [0.1, 0.15) is 5.49 Å². The van der Waals surface area contributed by atoms with Crippen LogP contribution >= 0.6 is 11.5 Å². The third-order valence-electron chi connectivity index (χ3n) is 4.36. The highest BCUT2D eigenvalue weighted by atomic mass is 32.1. The van der Waals surface area contributed by atoms with Gasteiger partial charge in [-0.05, 0) is 81.3 Å². The van der Waals surface area contributed by atoms with E-state index in [9.17, 15) is 4.79 Å². The first-order valence-corrected chi connectivity index (χ1v) is 10.1. The van der Waals surface area contributed by atoms with Gasteiger partial charge in [0.25, 0.3) is 0 Å². The molecule has 0 spiro atoms. The lowest BCUT2D eigenvalue weighted by atomic mass is 10.1. The normalized spacial score (nSPS) is 11.4. The smallest absolute Gasteiger partial charge is 0.338 e. The van der Waals surface area contributed by atoms with Crippen LogP contribution in [0, 0.1) is 26.2 Å². The Morgan fingerprint density at radius 2 is 1.83 bits per heavy atom. The number of ether oxygens (including phenoxy) is 1. The summed E-state index contributed by atoms with van der Waals surface area (Å²) in [6, 6.07) is 14.8. The lowest BCUT2D eigenvalue weighted by Crippen LogP contribution is -2.28. The Hall–Kier alpha value is -3.19. The van der Waals surface area contributed by atoms with Gasteiger partial charge in [-0.1, -0.05) is 17.6 Å². The van der Waals surface area contributed by atoms with E-state index in [1.54, 1.807) is 41.2 Å². The van der Waals surface area contributed by atoms with Gasteiger partial charge in [0.2, 0.25) is 5.96 Å². The Morgan fingerprint density at radius 3 is 2.41 bits per heavy atom. The van der Waals surface area contributed by atoms with E-state index in [1.165, 1.54) is 22.7 Å². The summed E-state index contributed by atoms with van der Waals surface area (Å²) in [4.78, 5) is 17.6. The second-order valence-electron chi connectivity index (χ2n) is 6.65. The number of benzene rings is 2. The van der Waals surface area contributed by atoms with Crippen molar-refractivity contribution in [1.82, 2.24) is 3.96 Å². The lowest BCUT2D eigenvalue weighted by Gasteiger charge is -2.12. The number of nitrogens with zero attached hydrogens (tertiary/aromatic N) is 2. The number of carbonyl (C=O) groups is 1. The molecule has 0 saturated carbocycles. The van der Waals surface area contributed by atoms with Gasteiger partial charge in [-0.3, -0.25) is 5.41 Å². The lowest BCUT2D eigenvalue weighted by molar-refractivity contribution is 0.0526. The van der Waals surface area contributed by atoms with Crippen molar-refractivity contribution in [3.63, 3.8) is 0 Å². The molecule has 2 N–H and O–H groups in total. The number of hydrogen-bond acceptors (Lipinski definition) is 5. The van der Waals surface area contributed by atoms with E-state index >= 15 is 0 Å². The molecule has 0 unspecified atom stereocenters. The molecule has 0 aliphatic rings. The van der Waals surface area contributed by atoms with Gasteiger partial charge in [0, 0.05) is 10.6 Å². The topological polar surface area (TPSA) is 79.5 Å². The molecule has 150 valence electrons. The molecule has 7 heteroatoms. The molecule has 2 aromatic carbocycles. The standard InChI is InChI=1S/C22H24N4O2S/c1-5-28-21(27)17-7-10-18(11-8-17)24-22(26-20(23)13-16(4)29-26)25-19-9-6-14(2)15(3)12-19/h6-13,23H,5H2,1-4H3,(H,24,25). The Balaban J connectivity index is 1.98. The number of carbonyl (C=O) groups excluding carboxylic acids is 1. The number of aryl methyl sites for hydroxylation is 3. The zero-order valence-corrected chi connectivity index (χ0v) is 17.8. The summed E-state index contributed by atoms with van der Waals surface area (Å²) in [6.07, 6.45) is 0. The number of nitrogens with one attached hydrogen (secondary N) is 2. The summed E-state index contributed by atoms with van der Waals surface area (Å²) < 4.78 is 6.76. The van der Waals surface area contributed by atoms with Gasteiger partial charge in [0.15, 0.2) is 0 Å². The predicted molar refractivity (Wildman–Crippen MR) is 117 cm³/mol. The van der Waals surface area contributed by atoms with Crippen molar-refractivity contribution in [1.29, 1.82) is 5.41 Å². The van der Waals surface area contributed by atoms with E-state index in [4.69, 9.17) is 15.1 Å². The van der Waals surface area contributed by atoms with Crippen LogP contribution in [-0.2, 0) is 4.74 Å². The number of hydrogen-bond donors (Lipinski definition) is 2. The number of esters is 1. The molecule has 0 atom stereocenters. The molecule has 1 heterocycles. The monoisotopic (exact) mass is 408 g/mol. The fraction of sp³-hybridized carbons (Fsp3) is 0.227. The molecule has 0 radical (unpaired) electrons. The number of rotatable bonds is 4.